The van der Waals surface area contributed by atoms with Crippen molar-refractivity contribution in [3.63, 3.8) is 0 Å². The highest BCUT2D eigenvalue weighted by Gasteiger charge is 2.13. The summed E-state index contributed by atoms with van der Waals surface area (Å²) < 4.78 is 31.2. The van der Waals surface area contributed by atoms with E-state index in [0.29, 0.717) is 39.2 Å². The number of carbonyl (C=O) groups is 2. The molecular weight excluding hydrogens is 435 g/mol. The lowest BCUT2D eigenvalue weighted by molar-refractivity contribution is -0.130. The summed E-state index contributed by atoms with van der Waals surface area (Å²) in [7, 11) is 0. The van der Waals surface area contributed by atoms with Gasteiger partial charge in [0, 0.05) is 27.7 Å². The van der Waals surface area contributed by atoms with Gasteiger partial charge in [-0.25, -0.2) is 14.0 Å². The second-order valence-electron chi connectivity index (χ2n) is 7.87. The Kier molecular flexibility index (Phi) is 6.15. The number of benzene rings is 3. The van der Waals surface area contributed by atoms with Gasteiger partial charge in [-0.05, 0) is 79.9 Å². The first-order valence-corrected chi connectivity index (χ1v) is 10.4. The van der Waals surface area contributed by atoms with E-state index in [9.17, 15) is 14.0 Å². The molecule has 0 fully saturated rings. The maximum Gasteiger partial charge on any atom is 0.338 e. The Labute approximate surface area is 195 Å². The van der Waals surface area contributed by atoms with E-state index in [1.807, 2.05) is 0 Å². The van der Waals surface area contributed by atoms with Gasteiger partial charge >= 0.3 is 11.9 Å². The van der Waals surface area contributed by atoms with Crippen molar-refractivity contribution in [2.75, 3.05) is 0 Å². The number of furan rings is 1. The monoisotopic (exact) mass is 456 g/mol. The van der Waals surface area contributed by atoms with Crippen LogP contribution < -0.4 is 9.47 Å². The van der Waals surface area contributed by atoms with Gasteiger partial charge in [0.15, 0.2) is 0 Å². The highest BCUT2D eigenvalue weighted by Crippen LogP contribution is 2.33. The van der Waals surface area contributed by atoms with Crippen molar-refractivity contribution >= 4 is 22.7 Å². The summed E-state index contributed by atoms with van der Waals surface area (Å²) in [4.78, 5) is 23.4. The molecule has 170 valence electrons. The molecule has 0 saturated carbocycles. The summed E-state index contributed by atoms with van der Waals surface area (Å²) in [5, 5.41) is 0.953. The fourth-order valence-corrected chi connectivity index (χ4v) is 3.22. The molecule has 4 rings (SSSR count). The second-order valence-corrected chi connectivity index (χ2v) is 7.87. The van der Waals surface area contributed by atoms with Crippen molar-refractivity contribution < 1.29 is 27.9 Å². The van der Waals surface area contributed by atoms with Crippen LogP contribution in [-0.2, 0) is 9.59 Å². The Morgan fingerprint density at radius 3 is 1.91 bits per heavy atom. The normalized spacial score (nSPS) is 10.7. The molecule has 0 aliphatic heterocycles. The molecule has 0 aliphatic rings. The third-order valence-corrected chi connectivity index (χ3v) is 5.02. The molecule has 5 nitrogen and oxygen atoms in total. The SMILES string of the molecule is C=C(C)C(=O)Oc1ccc(-c2ccc(-c3cc(F)c4cc(OC(=O)C(=C)C)ccc4c3)o2)cc1. The van der Waals surface area contributed by atoms with Crippen LogP contribution in [-0.4, -0.2) is 11.9 Å². The molecule has 1 aromatic heterocycles. The summed E-state index contributed by atoms with van der Waals surface area (Å²) in [5.74, 6) is 0.177. The van der Waals surface area contributed by atoms with Crippen molar-refractivity contribution in [1.82, 2.24) is 0 Å². The number of rotatable bonds is 6. The molecule has 0 amide bonds. The lowest BCUT2D eigenvalue weighted by atomic mass is 10.0. The van der Waals surface area contributed by atoms with Crippen LogP contribution in [0.15, 0.2) is 95.5 Å². The third-order valence-electron chi connectivity index (χ3n) is 5.02. The molecule has 1 heterocycles. The first-order valence-electron chi connectivity index (χ1n) is 10.4. The van der Waals surface area contributed by atoms with Crippen molar-refractivity contribution in [3.05, 3.63) is 96.9 Å². The van der Waals surface area contributed by atoms with Gasteiger partial charge in [-0.15, -0.1) is 0 Å². The van der Waals surface area contributed by atoms with Crippen LogP contribution in [0.25, 0.3) is 33.4 Å². The van der Waals surface area contributed by atoms with E-state index in [2.05, 4.69) is 13.2 Å². The van der Waals surface area contributed by atoms with Crippen LogP contribution in [0.2, 0.25) is 0 Å². The van der Waals surface area contributed by atoms with Gasteiger partial charge in [0.1, 0.15) is 28.8 Å². The molecule has 0 spiro atoms. The Morgan fingerprint density at radius 1 is 0.735 bits per heavy atom. The maximum absolute atomic E-state index is 14.9. The third kappa shape index (κ3) is 4.81. The summed E-state index contributed by atoms with van der Waals surface area (Å²) in [6, 6.07) is 18.3. The lowest BCUT2D eigenvalue weighted by Crippen LogP contribution is -2.08. The van der Waals surface area contributed by atoms with Crippen molar-refractivity contribution in [1.29, 1.82) is 0 Å². The zero-order chi connectivity index (χ0) is 24.4. The summed E-state index contributed by atoms with van der Waals surface area (Å²) in [6.45, 7) is 10.2. The zero-order valence-corrected chi connectivity index (χ0v) is 18.7. The van der Waals surface area contributed by atoms with Crippen LogP contribution >= 0.6 is 0 Å². The molecule has 4 aromatic rings. The number of carbonyl (C=O) groups excluding carboxylic acids is 2. The Morgan fingerprint density at radius 2 is 1.29 bits per heavy atom. The molecule has 0 aliphatic carbocycles. The minimum absolute atomic E-state index is 0.241. The highest BCUT2D eigenvalue weighted by molar-refractivity contribution is 5.92. The van der Waals surface area contributed by atoms with Crippen LogP contribution in [0.1, 0.15) is 13.8 Å². The molecule has 0 saturated heterocycles. The molecule has 3 aromatic carbocycles. The molecule has 0 unspecified atom stereocenters. The molecule has 0 N–H and O–H groups in total. The second kappa shape index (κ2) is 9.19. The fraction of sp³-hybridized carbons (Fsp3) is 0.0714. The van der Waals surface area contributed by atoms with E-state index in [4.69, 9.17) is 13.9 Å². The van der Waals surface area contributed by atoms with E-state index in [1.165, 1.54) is 12.1 Å². The predicted octanol–water partition coefficient (Wildman–Crippen LogP) is 6.87. The number of hydrogen-bond acceptors (Lipinski definition) is 5. The largest absolute Gasteiger partial charge is 0.456 e. The quantitative estimate of drug-likeness (QED) is 0.180. The Balaban J connectivity index is 1.58. The van der Waals surface area contributed by atoms with Crippen LogP contribution in [0.3, 0.4) is 0 Å². The van der Waals surface area contributed by atoms with E-state index < -0.39 is 17.8 Å². The molecule has 0 bridgehead atoms. The molecule has 0 radical (unpaired) electrons. The van der Waals surface area contributed by atoms with Crippen molar-refractivity contribution in [3.8, 4) is 34.1 Å². The predicted molar refractivity (Wildman–Crippen MR) is 128 cm³/mol. The smallest absolute Gasteiger partial charge is 0.338 e. The van der Waals surface area contributed by atoms with Gasteiger partial charge in [0.25, 0.3) is 0 Å². The number of esters is 2. The first kappa shape index (κ1) is 22.7. The average Bonchev–Trinajstić information content (AvgIpc) is 3.30. The lowest BCUT2D eigenvalue weighted by Gasteiger charge is -2.08. The van der Waals surface area contributed by atoms with E-state index >= 15 is 0 Å². The first-order chi connectivity index (χ1) is 16.2. The summed E-state index contributed by atoms with van der Waals surface area (Å²) in [6.07, 6.45) is 0. The molecule has 6 heteroatoms. The summed E-state index contributed by atoms with van der Waals surface area (Å²) >= 11 is 0. The van der Waals surface area contributed by atoms with Crippen molar-refractivity contribution in [2.45, 2.75) is 13.8 Å². The summed E-state index contributed by atoms with van der Waals surface area (Å²) in [5.41, 5.74) is 1.90. The van der Waals surface area contributed by atoms with Gasteiger partial charge in [0.05, 0.1) is 0 Å². The highest BCUT2D eigenvalue weighted by atomic mass is 19.1. The van der Waals surface area contributed by atoms with Crippen LogP contribution in [0.4, 0.5) is 4.39 Å². The standard InChI is InChI=1S/C28H21FO5/c1-16(2)27(30)32-21-8-5-18(6-9-21)25-11-12-26(34-25)20-13-19-7-10-22(33-28(31)17(3)4)15-23(19)24(29)14-20/h5-15H,1,3H2,2,4H3. The van der Waals surface area contributed by atoms with Gasteiger partial charge in [0.2, 0.25) is 0 Å². The molecule has 0 atom stereocenters. The number of hydrogen-bond donors (Lipinski definition) is 0. The van der Waals surface area contributed by atoms with Gasteiger partial charge < -0.3 is 13.9 Å². The van der Waals surface area contributed by atoms with Crippen molar-refractivity contribution in [2.24, 2.45) is 0 Å². The molecule has 34 heavy (non-hydrogen) atoms. The van der Waals surface area contributed by atoms with Crippen LogP contribution in [0.5, 0.6) is 11.5 Å². The van der Waals surface area contributed by atoms with E-state index in [1.54, 1.807) is 68.4 Å². The number of fused-ring (bicyclic) bond motifs is 1. The van der Waals surface area contributed by atoms with Gasteiger partial charge in [-0.1, -0.05) is 19.2 Å². The Hall–Kier alpha value is -4.45. The topological polar surface area (TPSA) is 65.7 Å². The van der Waals surface area contributed by atoms with Gasteiger partial charge in [-0.2, -0.15) is 0 Å². The van der Waals surface area contributed by atoms with E-state index in [-0.39, 0.29) is 11.3 Å². The van der Waals surface area contributed by atoms with Gasteiger partial charge in [-0.3, -0.25) is 0 Å². The molecular formula is C28H21FO5. The number of halogens is 1. The zero-order valence-electron chi connectivity index (χ0n) is 18.7. The van der Waals surface area contributed by atoms with E-state index in [0.717, 1.165) is 5.56 Å². The number of ether oxygens (including phenoxy) is 2. The average molecular weight is 456 g/mol. The minimum atomic E-state index is -0.568. The Bertz CT molecular complexity index is 1440. The maximum atomic E-state index is 14.9. The van der Waals surface area contributed by atoms with Crippen LogP contribution in [0, 0.1) is 5.82 Å². The fourth-order valence-electron chi connectivity index (χ4n) is 3.22. The minimum Gasteiger partial charge on any atom is -0.456 e.